The fraction of sp³-hybridized carbons (Fsp3) is 0.308. The zero-order valence-corrected chi connectivity index (χ0v) is 11.3. The van der Waals surface area contributed by atoms with Crippen LogP contribution in [-0.2, 0) is 12.8 Å². The Bertz CT molecular complexity index is 496. The molecule has 0 spiro atoms. The first-order valence-electron chi connectivity index (χ1n) is 5.62. The molecule has 1 atom stereocenters. The molecule has 0 aliphatic carbocycles. The van der Waals surface area contributed by atoms with Crippen molar-refractivity contribution in [2.75, 3.05) is 0 Å². The van der Waals surface area contributed by atoms with Crippen LogP contribution in [0.1, 0.15) is 29.9 Å². The maximum atomic E-state index is 6.19. The monoisotopic (exact) mass is 294 g/mol. The molecule has 2 N–H and O–H groups in total. The highest BCUT2D eigenvalue weighted by molar-refractivity contribution is 9.10. The molecule has 2 rings (SSSR count). The van der Waals surface area contributed by atoms with Crippen LogP contribution in [0.25, 0.3) is 0 Å². The summed E-state index contributed by atoms with van der Waals surface area (Å²) in [5, 5.41) is 0. The average Bonchev–Trinajstić information content (AvgIpc) is 2.77. The van der Waals surface area contributed by atoms with Crippen LogP contribution in [0.5, 0.6) is 0 Å². The second-order valence-corrected chi connectivity index (χ2v) is 4.89. The smallest absolute Gasteiger partial charge is 0.108 e. The summed E-state index contributed by atoms with van der Waals surface area (Å²) in [7, 11) is 0. The number of aromatic nitrogens is 1. The molecule has 0 bridgehead atoms. The predicted octanol–water partition coefficient (Wildman–Crippen LogP) is 3.24. The minimum absolute atomic E-state index is 0.0419. The van der Waals surface area contributed by atoms with E-state index in [0.717, 1.165) is 34.2 Å². The number of hydrogen-bond donors (Lipinski definition) is 1. The number of pyridine rings is 1. The number of furan rings is 1. The van der Waals surface area contributed by atoms with Crippen molar-refractivity contribution in [3.8, 4) is 0 Å². The molecule has 0 aliphatic heterocycles. The van der Waals surface area contributed by atoms with E-state index in [0.29, 0.717) is 0 Å². The lowest BCUT2D eigenvalue weighted by molar-refractivity contribution is 0.505. The van der Waals surface area contributed by atoms with Crippen LogP contribution in [0, 0.1) is 0 Å². The van der Waals surface area contributed by atoms with Gasteiger partial charge in [0.2, 0.25) is 0 Å². The molecular weight excluding hydrogens is 280 g/mol. The molecule has 0 saturated carbocycles. The van der Waals surface area contributed by atoms with Gasteiger partial charge in [0.05, 0.1) is 6.26 Å². The average molecular weight is 295 g/mol. The highest BCUT2D eigenvalue weighted by atomic mass is 79.9. The molecule has 0 fully saturated rings. The third kappa shape index (κ3) is 2.96. The van der Waals surface area contributed by atoms with Gasteiger partial charge in [0, 0.05) is 34.9 Å². The Labute approximate surface area is 109 Å². The Hall–Kier alpha value is -1.13. The number of nitrogens with two attached hydrogens (primary N) is 1. The third-order valence-electron chi connectivity index (χ3n) is 2.72. The number of nitrogens with zero attached hydrogens (tertiary/aromatic N) is 1. The van der Waals surface area contributed by atoms with Crippen molar-refractivity contribution in [1.29, 1.82) is 0 Å². The van der Waals surface area contributed by atoms with E-state index in [1.807, 2.05) is 18.3 Å². The molecule has 3 nitrogen and oxygen atoms in total. The largest absolute Gasteiger partial charge is 0.469 e. The molecule has 2 aromatic rings. The molecule has 4 heteroatoms. The summed E-state index contributed by atoms with van der Waals surface area (Å²) in [5.41, 5.74) is 8.41. The van der Waals surface area contributed by atoms with Crippen molar-refractivity contribution in [2.24, 2.45) is 5.73 Å². The quantitative estimate of drug-likeness (QED) is 0.942. The number of hydrogen-bond acceptors (Lipinski definition) is 3. The van der Waals surface area contributed by atoms with E-state index in [1.165, 1.54) is 0 Å². The molecular formula is C13H15BrN2O. The SMILES string of the molecule is CCc1occc1C(N)Cc1cncc(Br)c1. The van der Waals surface area contributed by atoms with Gasteiger partial charge in [-0.15, -0.1) is 0 Å². The molecule has 2 heterocycles. The van der Waals surface area contributed by atoms with E-state index >= 15 is 0 Å². The van der Waals surface area contributed by atoms with Gasteiger partial charge in [0.15, 0.2) is 0 Å². The first-order chi connectivity index (χ1) is 8.20. The molecule has 0 aliphatic rings. The molecule has 90 valence electrons. The topological polar surface area (TPSA) is 52.0 Å². The lowest BCUT2D eigenvalue weighted by atomic mass is 10.0. The van der Waals surface area contributed by atoms with Crippen molar-refractivity contribution in [2.45, 2.75) is 25.8 Å². The lowest BCUT2D eigenvalue weighted by Crippen LogP contribution is -2.14. The maximum absolute atomic E-state index is 6.19. The zero-order valence-electron chi connectivity index (χ0n) is 9.69. The van der Waals surface area contributed by atoms with Crippen molar-refractivity contribution in [1.82, 2.24) is 4.98 Å². The van der Waals surface area contributed by atoms with Crippen LogP contribution in [-0.4, -0.2) is 4.98 Å². The van der Waals surface area contributed by atoms with Crippen LogP contribution in [0.4, 0.5) is 0 Å². The first kappa shape index (κ1) is 12.3. The molecule has 17 heavy (non-hydrogen) atoms. The summed E-state index contributed by atoms with van der Waals surface area (Å²) in [4.78, 5) is 4.14. The summed E-state index contributed by atoms with van der Waals surface area (Å²) in [5.74, 6) is 0.973. The maximum Gasteiger partial charge on any atom is 0.108 e. The molecule has 1 unspecified atom stereocenters. The number of aryl methyl sites for hydroxylation is 1. The van der Waals surface area contributed by atoms with Gasteiger partial charge in [0.1, 0.15) is 5.76 Å². The molecule has 0 radical (unpaired) electrons. The van der Waals surface area contributed by atoms with E-state index in [9.17, 15) is 0 Å². The van der Waals surface area contributed by atoms with Gasteiger partial charge >= 0.3 is 0 Å². The Morgan fingerprint density at radius 1 is 1.47 bits per heavy atom. The van der Waals surface area contributed by atoms with E-state index < -0.39 is 0 Å². The summed E-state index contributed by atoms with van der Waals surface area (Å²) in [6, 6.07) is 3.95. The summed E-state index contributed by atoms with van der Waals surface area (Å²) < 4.78 is 6.37. The van der Waals surface area contributed by atoms with Crippen molar-refractivity contribution in [3.05, 3.63) is 52.1 Å². The van der Waals surface area contributed by atoms with Gasteiger partial charge in [-0.05, 0) is 40.0 Å². The fourth-order valence-electron chi connectivity index (χ4n) is 1.90. The number of halogens is 1. The van der Waals surface area contributed by atoms with Crippen LogP contribution < -0.4 is 5.73 Å². The second-order valence-electron chi connectivity index (χ2n) is 3.97. The Balaban J connectivity index is 2.14. The highest BCUT2D eigenvalue weighted by Crippen LogP contribution is 2.22. The summed E-state index contributed by atoms with van der Waals surface area (Å²) >= 11 is 3.41. The van der Waals surface area contributed by atoms with Crippen molar-refractivity contribution >= 4 is 15.9 Å². The Morgan fingerprint density at radius 3 is 3.00 bits per heavy atom. The first-order valence-corrected chi connectivity index (χ1v) is 6.41. The van der Waals surface area contributed by atoms with Gasteiger partial charge in [-0.1, -0.05) is 6.92 Å². The van der Waals surface area contributed by atoms with E-state index in [-0.39, 0.29) is 6.04 Å². The summed E-state index contributed by atoms with van der Waals surface area (Å²) in [6.45, 7) is 2.07. The molecule has 0 saturated heterocycles. The molecule has 0 aromatic carbocycles. The third-order valence-corrected chi connectivity index (χ3v) is 3.15. The second kappa shape index (κ2) is 5.47. The van der Waals surface area contributed by atoms with Gasteiger partial charge in [0.25, 0.3) is 0 Å². The lowest BCUT2D eigenvalue weighted by Gasteiger charge is -2.11. The van der Waals surface area contributed by atoms with Gasteiger partial charge < -0.3 is 10.2 Å². The fourth-order valence-corrected chi connectivity index (χ4v) is 2.31. The normalized spacial score (nSPS) is 12.6. The summed E-state index contributed by atoms with van der Waals surface area (Å²) in [6.07, 6.45) is 6.94. The standard InChI is InChI=1S/C13H15BrN2O/c1-2-13-11(3-4-17-13)12(15)6-9-5-10(14)8-16-7-9/h3-5,7-8,12H,2,6,15H2,1H3. The van der Waals surface area contributed by atoms with Gasteiger partial charge in [-0.3, -0.25) is 4.98 Å². The van der Waals surface area contributed by atoms with Crippen molar-refractivity contribution in [3.63, 3.8) is 0 Å². The van der Waals surface area contributed by atoms with Gasteiger partial charge in [-0.25, -0.2) is 0 Å². The Morgan fingerprint density at radius 2 is 2.29 bits per heavy atom. The van der Waals surface area contributed by atoms with Gasteiger partial charge in [-0.2, -0.15) is 0 Å². The Kier molecular flexibility index (Phi) is 3.97. The van der Waals surface area contributed by atoms with E-state index in [4.69, 9.17) is 10.2 Å². The molecule has 2 aromatic heterocycles. The van der Waals surface area contributed by atoms with Crippen LogP contribution in [0.15, 0.2) is 39.7 Å². The van der Waals surface area contributed by atoms with E-state index in [2.05, 4.69) is 27.8 Å². The minimum Gasteiger partial charge on any atom is -0.469 e. The minimum atomic E-state index is -0.0419. The number of rotatable bonds is 4. The molecule has 0 amide bonds. The van der Waals surface area contributed by atoms with E-state index in [1.54, 1.807) is 12.5 Å². The van der Waals surface area contributed by atoms with Crippen LogP contribution in [0.3, 0.4) is 0 Å². The van der Waals surface area contributed by atoms with Crippen molar-refractivity contribution < 1.29 is 4.42 Å². The van der Waals surface area contributed by atoms with Crippen LogP contribution in [0.2, 0.25) is 0 Å². The zero-order chi connectivity index (χ0) is 12.3. The highest BCUT2D eigenvalue weighted by Gasteiger charge is 2.13. The predicted molar refractivity (Wildman–Crippen MR) is 70.7 cm³/mol. The van der Waals surface area contributed by atoms with Crippen LogP contribution >= 0.6 is 15.9 Å².